The number of nitrogens with zero attached hydrogens (tertiary/aromatic N) is 2. The highest BCUT2D eigenvalue weighted by molar-refractivity contribution is 7.26. The maximum atomic E-state index is 6.75. The summed E-state index contributed by atoms with van der Waals surface area (Å²) in [7, 11) is 0. The number of benzene rings is 8. The molecule has 0 spiro atoms. The fourth-order valence-electron chi connectivity index (χ4n) is 8.09. The zero-order valence-corrected chi connectivity index (χ0v) is 31.0. The summed E-state index contributed by atoms with van der Waals surface area (Å²) < 4.78 is 9.32. The maximum absolute atomic E-state index is 6.75. The Balaban J connectivity index is 1.05. The number of furan rings is 1. The van der Waals surface area contributed by atoms with Gasteiger partial charge in [-0.1, -0.05) is 170 Å². The summed E-state index contributed by atoms with van der Waals surface area (Å²) in [5.74, 6) is 0.682. The van der Waals surface area contributed by atoms with E-state index < -0.39 is 0 Å². The van der Waals surface area contributed by atoms with Crippen molar-refractivity contribution in [3.8, 4) is 67.3 Å². The molecule has 3 heterocycles. The molecule has 0 atom stereocenters. The summed E-state index contributed by atoms with van der Waals surface area (Å²) in [5.41, 5.74) is 13.4. The van der Waals surface area contributed by atoms with Crippen LogP contribution >= 0.6 is 11.3 Å². The Morgan fingerprint density at radius 1 is 0.375 bits per heavy atom. The van der Waals surface area contributed by atoms with Crippen LogP contribution in [0.15, 0.2) is 199 Å². The Morgan fingerprint density at radius 3 is 1.79 bits per heavy atom. The fraction of sp³-hybridized carbons (Fsp3) is 0. The standard InChI is InChI=1S/C52H32N2OS/c1-3-14-33(15-4-1)37-18-7-8-19-39(37)46-32-45(35-16-5-2-6-17-35)53-52(54-46)36-28-26-34(27-29-36)38-30-31-41(50-49(38)44-21-9-11-24-47(44)55-50)43-23-13-22-42-40-20-10-12-25-48(40)56-51(42)43/h1-32H. The molecule has 262 valence electrons. The average Bonchev–Trinajstić information content (AvgIpc) is 3.86. The first-order chi connectivity index (χ1) is 27.8. The topological polar surface area (TPSA) is 38.9 Å². The zero-order chi connectivity index (χ0) is 37.0. The van der Waals surface area contributed by atoms with Crippen LogP contribution in [0.2, 0.25) is 0 Å². The predicted molar refractivity (Wildman–Crippen MR) is 235 cm³/mol. The number of fused-ring (bicyclic) bond motifs is 6. The van der Waals surface area contributed by atoms with Gasteiger partial charge in [0.15, 0.2) is 5.82 Å². The van der Waals surface area contributed by atoms with Crippen LogP contribution in [0.5, 0.6) is 0 Å². The molecule has 0 bridgehead atoms. The number of hydrogen-bond acceptors (Lipinski definition) is 4. The lowest BCUT2D eigenvalue weighted by molar-refractivity contribution is 0.670. The van der Waals surface area contributed by atoms with E-state index in [2.05, 4.69) is 176 Å². The van der Waals surface area contributed by atoms with Gasteiger partial charge in [0.05, 0.1) is 11.4 Å². The van der Waals surface area contributed by atoms with Crippen LogP contribution in [0.3, 0.4) is 0 Å². The van der Waals surface area contributed by atoms with E-state index in [4.69, 9.17) is 14.4 Å². The Bertz CT molecular complexity index is 3240. The van der Waals surface area contributed by atoms with Crippen LogP contribution in [0.25, 0.3) is 109 Å². The lowest BCUT2D eigenvalue weighted by Crippen LogP contribution is -1.97. The predicted octanol–water partition coefficient (Wildman–Crippen LogP) is 14.7. The first-order valence-corrected chi connectivity index (χ1v) is 19.6. The van der Waals surface area contributed by atoms with Gasteiger partial charge in [0.25, 0.3) is 0 Å². The molecule has 0 saturated carbocycles. The second-order valence-corrected chi connectivity index (χ2v) is 15.1. The van der Waals surface area contributed by atoms with Crippen LogP contribution in [0, 0.1) is 0 Å². The first kappa shape index (κ1) is 32.3. The number of thiophene rings is 1. The highest BCUT2D eigenvalue weighted by Gasteiger charge is 2.20. The van der Waals surface area contributed by atoms with Crippen LogP contribution in [0.1, 0.15) is 0 Å². The van der Waals surface area contributed by atoms with Crippen molar-refractivity contribution in [3.63, 3.8) is 0 Å². The third-order valence-electron chi connectivity index (χ3n) is 10.8. The Morgan fingerprint density at radius 2 is 0.964 bits per heavy atom. The van der Waals surface area contributed by atoms with E-state index in [9.17, 15) is 0 Å². The van der Waals surface area contributed by atoms with Crippen molar-refractivity contribution in [2.24, 2.45) is 0 Å². The highest BCUT2D eigenvalue weighted by Crippen LogP contribution is 2.46. The van der Waals surface area contributed by atoms with Gasteiger partial charge in [-0.25, -0.2) is 9.97 Å². The molecule has 0 unspecified atom stereocenters. The first-order valence-electron chi connectivity index (χ1n) is 18.8. The minimum absolute atomic E-state index is 0.682. The summed E-state index contributed by atoms with van der Waals surface area (Å²) >= 11 is 1.84. The lowest BCUT2D eigenvalue weighted by Gasteiger charge is -2.13. The monoisotopic (exact) mass is 732 g/mol. The molecule has 4 heteroatoms. The molecule has 56 heavy (non-hydrogen) atoms. The van der Waals surface area contributed by atoms with Gasteiger partial charge in [-0.2, -0.15) is 0 Å². The van der Waals surface area contributed by atoms with Crippen LogP contribution in [-0.2, 0) is 0 Å². The third-order valence-corrected chi connectivity index (χ3v) is 12.0. The highest BCUT2D eigenvalue weighted by atomic mass is 32.1. The van der Waals surface area contributed by atoms with Crippen molar-refractivity contribution in [1.82, 2.24) is 9.97 Å². The van der Waals surface area contributed by atoms with Crippen molar-refractivity contribution in [2.45, 2.75) is 0 Å². The molecule has 0 fully saturated rings. The van der Waals surface area contributed by atoms with E-state index in [-0.39, 0.29) is 0 Å². The van der Waals surface area contributed by atoms with Crippen molar-refractivity contribution in [1.29, 1.82) is 0 Å². The fourth-order valence-corrected chi connectivity index (χ4v) is 9.32. The number of aromatic nitrogens is 2. The van der Waals surface area contributed by atoms with Gasteiger partial charge in [-0.3, -0.25) is 0 Å². The van der Waals surface area contributed by atoms with Gasteiger partial charge in [0, 0.05) is 58.8 Å². The molecule has 0 aliphatic heterocycles. The minimum Gasteiger partial charge on any atom is -0.455 e. The molecule has 0 saturated heterocycles. The smallest absolute Gasteiger partial charge is 0.160 e. The van der Waals surface area contributed by atoms with Crippen LogP contribution < -0.4 is 0 Å². The van der Waals surface area contributed by atoms with Gasteiger partial charge in [0.2, 0.25) is 0 Å². The van der Waals surface area contributed by atoms with E-state index in [1.165, 1.54) is 25.7 Å². The quantitative estimate of drug-likeness (QED) is 0.171. The average molecular weight is 733 g/mol. The molecule has 0 N–H and O–H groups in total. The second kappa shape index (κ2) is 13.3. The van der Waals surface area contributed by atoms with Gasteiger partial charge in [-0.05, 0) is 46.5 Å². The Kier molecular flexibility index (Phi) is 7.68. The molecule has 0 aliphatic carbocycles. The van der Waals surface area contributed by atoms with Crippen molar-refractivity contribution >= 4 is 53.4 Å². The van der Waals surface area contributed by atoms with Gasteiger partial charge in [-0.15, -0.1) is 11.3 Å². The molecule has 11 aromatic rings. The summed E-state index contributed by atoms with van der Waals surface area (Å²) in [6.07, 6.45) is 0. The molecule has 8 aromatic carbocycles. The van der Waals surface area contributed by atoms with Crippen molar-refractivity contribution in [3.05, 3.63) is 194 Å². The molecular weight excluding hydrogens is 701 g/mol. The van der Waals surface area contributed by atoms with Gasteiger partial charge in [0.1, 0.15) is 11.2 Å². The van der Waals surface area contributed by atoms with E-state index >= 15 is 0 Å². The van der Waals surface area contributed by atoms with Crippen molar-refractivity contribution in [2.75, 3.05) is 0 Å². The van der Waals surface area contributed by atoms with Crippen LogP contribution in [-0.4, -0.2) is 9.97 Å². The van der Waals surface area contributed by atoms with E-state index in [1.54, 1.807) is 0 Å². The summed E-state index contributed by atoms with van der Waals surface area (Å²) in [6.45, 7) is 0. The maximum Gasteiger partial charge on any atom is 0.160 e. The molecule has 0 amide bonds. The van der Waals surface area contributed by atoms with E-state index in [1.807, 2.05) is 29.5 Å². The molecule has 3 aromatic heterocycles. The zero-order valence-electron chi connectivity index (χ0n) is 30.2. The summed E-state index contributed by atoms with van der Waals surface area (Å²) in [6, 6.07) is 68.2. The summed E-state index contributed by atoms with van der Waals surface area (Å²) in [5, 5.41) is 4.79. The van der Waals surface area contributed by atoms with E-state index in [0.717, 1.165) is 77.8 Å². The Hall–Kier alpha value is -7.14. The van der Waals surface area contributed by atoms with E-state index in [0.29, 0.717) is 5.82 Å². The third kappa shape index (κ3) is 5.42. The molecule has 3 nitrogen and oxygen atoms in total. The second-order valence-electron chi connectivity index (χ2n) is 14.1. The largest absolute Gasteiger partial charge is 0.455 e. The SMILES string of the molecule is c1ccc(-c2cc(-c3ccccc3-c3ccccc3)nc(-c3ccc(-c4ccc(-c5cccc6c5sc5ccccc56)c5oc6ccccc6c45)cc3)n2)cc1. The molecular formula is C52H32N2OS. The van der Waals surface area contributed by atoms with Gasteiger partial charge >= 0.3 is 0 Å². The molecule has 0 aliphatic rings. The van der Waals surface area contributed by atoms with Crippen LogP contribution in [0.4, 0.5) is 0 Å². The number of hydrogen-bond donors (Lipinski definition) is 0. The summed E-state index contributed by atoms with van der Waals surface area (Å²) in [4.78, 5) is 10.4. The number of rotatable bonds is 6. The lowest BCUT2D eigenvalue weighted by atomic mass is 9.93. The molecule has 0 radical (unpaired) electrons. The Labute approximate surface area is 327 Å². The normalized spacial score (nSPS) is 11.6. The van der Waals surface area contributed by atoms with Crippen molar-refractivity contribution < 1.29 is 4.42 Å². The van der Waals surface area contributed by atoms with Gasteiger partial charge < -0.3 is 4.42 Å². The molecule has 11 rings (SSSR count). The minimum atomic E-state index is 0.682. The number of para-hydroxylation sites is 1.